The Morgan fingerprint density at radius 3 is 2.95 bits per heavy atom. The fraction of sp³-hybridized carbons (Fsp3) is 0.500. The Balaban J connectivity index is 2.06. The fourth-order valence-corrected chi connectivity index (χ4v) is 2.61. The van der Waals surface area contributed by atoms with Gasteiger partial charge in [-0.25, -0.2) is 4.39 Å². The molecule has 20 heavy (non-hydrogen) atoms. The van der Waals surface area contributed by atoms with Gasteiger partial charge in [-0.3, -0.25) is 4.90 Å². The van der Waals surface area contributed by atoms with Gasteiger partial charge in [-0.05, 0) is 38.4 Å². The summed E-state index contributed by atoms with van der Waals surface area (Å²) in [7, 11) is 0. The zero-order valence-electron chi connectivity index (χ0n) is 11.8. The van der Waals surface area contributed by atoms with Crippen molar-refractivity contribution < 1.29 is 9.50 Å². The maximum absolute atomic E-state index is 14.0. The van der Waals surface area contributed by atoms with Gasteiger partial charge in [0.2, 0.25) is 0 Å². The van der Waals surface area contributed by atoms with Gasteiger partial charge in [-0.15, -0.1) is 0 Å². The van der Waals surface area contributed by atoms with Crippen LogP contribution in [0.15, 0.2) is 18.2 Å². The molecule has 4 heteroatoms. The van der Waals surface area contributed by atoms with Crippen LogP contribution in [0.1, 0.15) is 30.9 Å². The summed E-state index contributed by atoms with van der Waals surface area (Å²) < 4.78 is 14.0. The molecule has 0 saturated carbocycles. The number of piperidine rings is 1. The van der Waals surface area contributed by atoms with Crippen molar-refractivity contribution in [3.05, 3.63) is 35.1 Å². The van der Waals surface area contributed by atoms with Crippen LogP contribution in [0, 0.1) is 17.7 Å². The van der Waals surface area contributed by atoms with E-state index in [9.17, 15) is 9.50 Å². The van der Waals surface area contributed by atoms with Crippen molar-refractivity contribution in [1.82, 2.24) is 4.90 Å². The molecule has 3 N–H and O–H groups in total. The van der Waals surface area contributed by atoms with Crippen LogP contribution in [0.4, 0.5) is 4.39 Å². The lowest BCUT2D eigenvalue weighted by Crippen LogP contribution is -2.45. The predicted molar refractivity (Wildman–Crippen MR) is 77.5 cm³/mol. The molecule has 1 heterocycles. The van der Waals surface area contributed by atoms with Gasteiger partial charge in [0, 0.05) is 24.2 Å². The van der Waals surface area contributed by atoms with Crippen molar-refractivity contribution in [2.45, 2.75) is 31.9 Å². The summed E-state index contributed by atoms with van der Waals surface area (Å²) in [5, 5.41) is 10.1. The van der Waals surface area contributed by atoms with Crippen LogP contribution in [0.5, 0.6) is 0 Å². The Morgan fingerprint density at radius 2 is 2.30 bits per heavy atom. The Hall–Kier alpha value is -1.41. The van der Waals surface area contributed by atoms with E-state index in [2.05, 4.69) is 16.7 Å². The predicted octanol–water partition coefficient (Wildman–Crippen LogP) is 1.48. The van der Waals surface area contributed by atoms with Crippen molar-refractivity contribution in [2.75, 3.05) is 19.6 Å². The molecule has 0 bridgehead atoms. The number of β-amino-alcohol motifs (C(OH)–C–C–N with tert-alkyl or cyclic N) is 1. The van der Waals surface area contributed by atoms with Crippen molar-refractivity contribution in [3.63, 3.8) is 0 Å². The van der Waals surface area contributed by atoms with Crippen LogP contribution in [0.2, 0.25) is 0 Å². The molecule has 1 unspecified atom stereocenters. The molecule has 0 radical (unpaired) electrons. The minimum atomic E-state index is -0.665. The molecule has 2 rings (SSSR count). The van der Waals surface area contributed by atoms with Gasteiger partial charge in [0.25, 0.3) is 0 Å². The maximum atomic E-state index is 14.0. The number of hydrogen-bond acceptors (Lipinski definition) is 3. The Labute approximate surface area is 119 Å². The Morgan fingerprint density at radius 1 is 1.50 bits per heavy atom. The Bertz CT molecular complexity index is 531. The van der Waals surface area contributed by atoms with E-state index in [1.807, 2.05) is 13.0 Å². The molecule has 0 amide bonds. The van der Waals surface area contributed by atoms with Gasteiger partial charge in [0.05, 0.1) is 12.1 Å². The van der Waals surface area contributed by atoms with Crippen LogP contribution in [0.25, 0.3) is 0 Å². The van der Waals surface area contributed by atoms with Crippen molar-refractivity contribution >= 4 is 0 Å². The summed E-state index contributed by atoms with van der Waals surface area (Å²) in [6.07, 6.45) is 1.74. The Kier molecular flexibility index (Phi) is 4.77. The highest BCUT2D eigenvalue weighted by Gasteiger charge is 2.28. The number of rotatable bonds is 2. The minimum absolute atomic E-state index is 0.251. The summed E-state index contributed by atoms with van der Waals surface area (Å²) >= 11 is 0. The summed E-state index contributed by atoms with van der Waals surface area (Å²) in [6.45, 7) is 4.10. The molecule has 1 aromatic rings. The lowest BCUT2D eigenvalue weighted by Gasteiger charge is -2.36. The first-order valence-electron chi connectivity index (χ1n) is 6.92. The van der Waals surface area contributed by atoms with Crippen molar-refractivity contribution in [2.24, 2.45) is 5.73 Å². The maximum Gasteiger partial charge on any atom is 0.128 e. The van der Waals surface area contributed by atoms with Gasteiger partial charge in [-0.2, -0.15) is 0 Å². The number of nitrogens with two attached hydrogens (primary N) is 1. The van der Waals surface area contributed by atoms with Gasteiger partial charge >= 0.3 is 0 Å². The van der Waals surface area contributed by atoms with Gasteiger partial charge in [0.1, 0.15) is 5.82 Å². The molecule has 0 spiro atoms. The lowest BCUT2D eigenvalue weighted by molar-refractivity contribution is -0.0184. The average Bonchev–Trinajstić information content (AvgIpc) is 2.38. The van der Waals surface area contributed by atoms with E-state index in [0.717, 1.165) is 19.4 Å². The number of hydrogen-bond donors (Lipinski definition) is 2. The van der Waals surface area contributed by atoms with E-state index >= 15 is 0 Å². The molecule has 108 valence electrons. The summed E-state index contributed by atoms with van der Waals surface area (Å²) in [6, 6.07) is 5.02. The van der Waals surface area contributed by atoms with E-state index < -0.39 is 5.60 Å². The molecule has 0 aromatic heterocycles. The van der Waals surface area contributed by atoms with Crippen molar-refractivity contribution in [3.8, 4) is 11.8 Å². The number of benzene rings is 1. The number of nitrogens with zero attached hydrogens (tertiary/aromatic N) is 1. The zero-order valence-corrected chi connectivity index (χ0v) is 11.8. The fourth-order valence-electron chi connectivity index (χ4n) is 2.61. The molecule has 1 atom stereocenters. The smallest absolute Gasteiger partial charge is 0.128 e. The van der Waals surface area contributed by atoms with E-state index in [0.29, 0.717) is 24.2 Å². The second-order valence-corrected chi connectivity index (χ2v) is 5.62. The van der Waals surface area contributed by atoms with Crippen LogP contribution < -0.4 is 5.73 Å². The normalized spacial score (nSPS) is 23.2. The zero-order chi connectivity index (χ0) is 14.6. The average molecular weight is 276 g/mol. The summed E-state index contributed by atoms with van der Waals surface area (Å²) in [5.74, 6) is 5.28. The largest absolute Gasteiger partial charge is 0.389 e. The topological polar surface area (TPSA) is 49.5 Å². The summed E-state index contributed by atoms with van der Waals surface area (Å²) in [4.78, 5) is 2.09. The van der Waals surface area contributed by atoms with Crippen LogP contribution in [-0.2, 0) is 6.54 Å². The first-order chi connectivity index (χ1) is 9.50. The third-order valence-corrected chi connectivity index (χ3v) is 3.54. The molecule has 3 nitrogen and oxygen atoms in total. The third-order valence-electron chi connectivity index (χ3n) is 3.54. The number of halogens is 1. The third kappa shape index (κ3) is 4.04. The molecule has 1 aliphatic heterocycles. The number of aliphatic hydroxyl groups is 1. The van der Waals surface area contributed by atoms with Crippen LogP contribution in [-0.4, -0.2) is 35.2 Å². The lowest BCUT2D eigenvalue weighted by atomic mass is 9.95. The van der Waals surface area contributed by atoms with Crippen LogP contribution in [0.3, 0.4) is 0 Å². The SMILES string of the molecule is CC1(O)CCCN(Cc2ccc(C#CCN)cc2F)C1. The second kappa shape index (κ2) is 6.36. The summed E-state index contributed by atoms with van der Waals surface area (Å²) in [5.41, 5.74) is 5.91. The molecule has 1 aliphatic rings. The van der Waals surface area contributed by atoms with Crippen LogP contribution >= 0.6 is 0 Å². The second-order valence-electron chi connectivity index (χ2n) is 5.62. The number of likely N-dealkylation sites (tertiary alicyclic amines) is 1. The monoisotopic (exact) mass is 276 g/mol. The molecule has 1 aromatic carbocycles. The first kappa shape index (κ1) is 15.0. The molecule has 0 aliphatic carbocycles. The highest BCUT2D eigenvalue weighted by Crippen LogP contribution is 2.22. The highest BCUT2D eigenvalue weighted by atomic mass is 19.1. The van der Waals surface area contributed by atoms with E-state index in [4.69, 9.17) is 5.73 Å². The van der Waals surface area contributed by atoms with Crippen molar-refractivity contribution in [1.29, 1.82) is 0 Å². The van der Waals surface area contributed by atoms with Gasteiger partial charge in [0.15, 0.2) is 0 Å². The molecular weight excluding hydrogens is 255 g/mol. The van der Waals surface area contributed by atoms with Gasteiger partial charge < -0.3 is 10.8 Å². The van der Waals surface area contributed by atoms with E-state index in [-0.39, 0.29) is 12.4 Å². The molecule has 1 fully saturated rings. The standard InChI is InChI=1S/C16H21FN2O/c1-16(20)7-3-9-19(12-16)11-14-6-5-13(4-2-8-18)10-15(14)17/h5-6,10,20H,3,7-9,11-12,18H2,1H3. The molecular formula is C16H21FN2O. The first-order valence-corrected chi connectivity index (χ1v) is 6.92. The molecule has 1 saturated heterocycles. The quantitative estimate of drug-likeness (QED) is 0.805. The van der Waals surface area contributed by atoms with E-state index in [1.165, 1.54) is 6.07 Å². The van der Waals surface area contributed by atoms with E-state index in [1.54, 1.807) is 6.07 Å². The highest BCUT2D eigenvalue weighted by molar-refractivity contribution is 5.37. The van der Waals surface area contributed by atoms with Gasteiger partial charge in [-0.1, -0.05) is 17.9 Å². The minimum Gasteiger partial charge on any atom is -0.389 e.